The van der Waals surface area contributed by atoms with E-state index in [1.807, 2.05) is 6.07 Å². The van der Waals surface area contributed by atoms with Gasteiger partial charge in [-0.15, -0.1) is 0 Å². The second-order valence-corrected chi connectivity index (χ2v) is 7.32. The predicted octanol–water partition coefficient (Wildman–Crippen LogP) is 4.49. The summed E-state index contributed by atoms with van der Waals surface area (Å²) in [6, 6.07) is 10.5. The average Bonchev–Trinajstić information content (AvgIpc) is 3.35. The lowest BCUT2D eigenvalue weighted by atomic mass is 10.1. The van der Waals surface area contributed by atoms with E-state index in [1.54, 1.807) is 0 Å². The second kappa shape index (κ2) is 7.03. The zero-order valence-electron chi connectivity index (χ0n) is 15.5. The Morgan fingerprint density at radius 3 is 2.69 bits per heavy atom. The Morgan fingerprint density at radius 2 is 1.96 bits per heavy atom. The Bertz CT molecular complexity index is 866. The number of likely N-dealkylation sites (tertiary alicyclic amines) is 1. The minimum Gasteiger partial charge on any atom is -0.359 e. The van der Waals surface area contributed by atoms with E-state index in [0.29, 0.717) is 12.4 Å². The third-order valence-electron chi connectivity index (χ3n) is 4.89. The molecule has 0 bridgehead atoms. The summed E-state index contributed by atoms with van der Waals surface area (Å²) in [6.07, 6.45) is 2.14. The fourth-order valence-corrected chi connectivity index (χ4v) is 3.36. The van der Waals surface area contributed by atoms with Gasteiger partial charge in [0, 0.05) is 17.5 Å². The Morgan fingerprint density at radius 1 is 1.15 bits per heavy atom. The van der Waals surface area contributed by atoms with Gasteiger partial charge in [-0.2, -0.15) is 4.98 Å². The standard InChI is InChI=1S/C20H24N4O2/c1-13(2)19-21-20(26-23-19)18-5-4-10-24(18)12-16-11-17(22-25-16)15-8-6-14(3)7-9-15/h6-9,11,13,18H,4-5,10,12H2,1-3H3/t18-/m0/s1. The molecule has 4 rings (SSSR count). The van der Waals surface area contributed by atoms with Crippen molar-refractivity contribution in [2.45, 2.75) is 52.1 Å². The minimum atomic E-state index is 0.155. The number of aryl methyl sites for hydroxylation is 1. The van der Waals surface area contributed by atoms with Crippen molar-refractivity contribution in [3.8, 4) is 11.3 Å². The number of benzene rings is 1. The average molecular weight is 352 g/mol. The van der Waals surface area contributed by atoms with E-state index in [4.69, 9.17) is 9.05 Å². The van der Waals surface area contributed by atoms with Crippen molar-refractivity contribution in [3.63, 3.8) is 0 Å². The smallest absolute Gasteiger partial charge is 0.244 e. The topological polar surface area (TPSA) is 68.2 Å². The molecular weight excluding hydrogens is 328 g/mol. The van der Waals surface area contributed by atoms with Crippen LogP contribution in [0.3, 0.4) is 0 Å². The fraction of sp³-hybridized carbons (Fsp3) is 0.450. The third kappa shape index (κ3) is 3.42. The molecule has 1 fully saturated rings. The van der Waals surface area contributed by atoms with Crippen LogP contribution in [0.4, 0.5) is 0 Å². The molecule has 0 radical (unpaired) electrons. The molecule has 1 atom stereocenters. The van der Waals surface area contributed by atoms with Crippen LogP contribution in [-0.2, 0) is 6.54 Å². The van der Waals surface area contributed by atoms with Gasteiger partial charge < -0.3 is 9.05 Å². The van der Waals surface area contributed by atoms with Crippen LogP contribution in [0, 0.1) is 6.92 Å². The van der Waals surface area contributed by atoms with Gasteiger partial charge >= 0.3 is 0 Å². The van der Waals surface area contributed by atoms with Gasteiger partial charge in [-0.05, 0) is 26.3 Å². The zero-order valence-corrected chi connectivity index (χ0v) is 15.5. The molecule has 1 aromatic carbocycles. The summed E-state index contributed by atoms with van der Waals surface area (Å²) in [4.78, 5) is 6.91. The molecule has 136 valence electrons. The van der Waals surface area contributed by atoms with Crippen molar-refractivity contribution in [2.75, 3.05) is 6.54 Å². The van der Waals surface area contributed by atoms with Crippen molar-refractivity contribution in [2.24, 2.45) is 0 Å². The first kappa shape index (κ1) is 17.0. The number of hydrogen-bond acceptors (Lipinski definition) is 6. The molecule has 0 spiro atoms. The van der Waals surface area contributed by atoms with Gasteiger partial charge in [-0.1, -0.05) is 54.0 Å². The van der Waals surface area contributed by atoms with E-state index in [2.05, 4.69) is 65.2 Å². The highest BCUT2D eigenvalue weighted by atomic mass is 16.5. The molecule has 3 heterocycles. The number of hydrogen-bond donors (Lipinski definition) is 0. The summed E-state index contributed by atoms with van der Waals surface area (Å²) in [6.45, 7) is 7.91. The number of nitrogens with zero attached hydrogens (tertiary/aromatic N) is 4. The Kier molecular flexibility index (Phi) is 4.59. The van der Waals surface area contributed by atoms with Crippen LogP contribution in [0.15, 0.2) is 39.4 Å². The van der Waals surface area contributed by atoms with Gasteiger partial charge in [0.15, 0.2) is 11.6 Å². The lowest BCUT2D eigenvalue weighted by Gasteiger charge is -2.19. The maximum Gasteiger partial charge on any atom is 0.244 e. The molecule has 6 nitrogen and oxygen atoms in total. The van der Waals surface area contributed by atoms with Crippen molar-refractivity contribution in [1.82, 2.24) is 20.2 Å². The van der Waals surface area contributed by atoms with Crippen molar-refractivity contribution >= 4 is 0 Å². The maximum atomic E-state index is 5.58. The van der Waals surface area contributed by atoms with Crippen molar-refractivity contribution < 1.29 is 9.05 Å². The Balaban J connectivity index is 1.48. The van der Waals surface area contributed by atoms with Gasteiger partial charge in [-0.25, -0.2) is 0 Å². The lowest BCUT2D eigenvalue weighted by Crippen LogP contribution is -2.22. The van der Waals surface area contributed by atoms with E-state index in [0.717, 1.165) is 42.2 Å². The number of aromatic nitrogens is 3. The highest BCUT2D eigenvalue weighted by Gasteiger charge is 2.31. The fourth-order valence-electron chi connectivity index (χ4n) is 3.36. The number of rotatable bonds is 5. The lowest BCUT2D eigenvalue weighted by molar-refractivity contribution is 0.182. The predicted molar refractivity (Wildman–Crippen MR) is 97.4 cm³/mol. The van der Waals surface area contributed by atoms with Crippen LogP contribution >= 0.6 is 0 Å². The quantitative estimate of drug-likeness (QED) is 0.674. The van der Waals surface area contributed by atoms with Crippen LogP contribution in [-0.4, -0.2) is 26.7 Å². The summed E-state index contributed by atoms with van der Waals surface area (Å²) in [5.74, 6) is 2.61. The van der Waals surface area contributed by atoms with E-state index in [1.165, 1.54) is 5.56 Å². The first-order valence-electron chi connectivity index (χ1n) is 9.20. The molecule has 0 N–H and O–H groups in total. The van der Waals surface area contributed by atoms with Crippen molar-refractivity contribution in [3.05, 3.63) is 53.4 Å². The van der Waals surface area contributed by atoms with E-state index >= 15 is 0 Å². The van der Waals surface area contributed by atoms with Gasteiger partial charge in [0.2, 0.25) is 5.89 Å². The molecule has 1 aliphatic heterocycles. The molecule has 26 heavy (non-hydrogen) atoms. The molecule has 2 aromatic heterocycles. The van der Waals surface area contributed by atoms with Crippen LogP contribution in [0.5, 0.6) is 0 Å². The summed E-state index contributed by atoms with van der Waals surface area (Å²) in [5, 5.41) is 8.33. The SMILES string of the molecule is Cc1ccc(-c2cc(CN3CCC[C@H]3c3nc(C(C)C)no3)on2)cc1. The summed E-state index contributed by atoms with van der Waals surface area (Å²) in [5.41, 5.74) is 3.18. The first-order chi connectivity index (χ1) is 12.6. The molecule has 1 aliphatic rings. The molecule has 0 amide bonds. The third-order valence-corrected chi connectivity index (χ3v) is 4.89. The highest BCUT2D eigenvalue weighted by molar-refractivity contribution is 5.59. The van der Waals surface area contributed by atoms with E-state index in [-0.39, 0.29) is 12.0 Å². The van der Waals surface area contributed by atoms with Crippen LogP contribution < -0.4 is 0 Å². The molecule has 0 unspecified atom stereocenters. The maximum absolute atomic E-state index is 5.58. The zero-order chi connectivity index (χ0) is 18.1. The summed E-state index contributed by atoms with van der Waals surface area (Å²) >= 11 is 0. The van der Waals surface area contributed by atoms with E-state index < -0.39 is 0 Å². The molecule has 0 saturated carbocycles. The molecule has 0 aliphatic carbocycles. The van der Waals surface area contributed by atoms with Crippen LogP contribution in [0.2, 0.25) is 0 Å². The summed E-state index contributed by atoms with van der Waals surface area (Å²) < 4.78 is 11.1. The highest BCUT2D eigenvalue weighted by Crippen LogP contribution is 2.33. The minimum absolute atomic E-state index is 0.155. The summed E-state index contributed by atoms with van der Waals surface area (Å²) in [7, 11) is 0. The van der Waals surface area contributed by atoms with Gasteiger partial charge in [0.1, 0.15) is 5.69 Å². The molecular formula is C20H24N4O2. The van der Waals surface area contributed by atoms with Gasteiger partial charge in [-0.3, -0.25) is 4.90 Å². The first-order valence-corrected chi connectivity index (χ1v) is 9.20. The molecule has 3 aromatic rings. The Hall–Kier alpha value is -2.47. The normalized spacial score (nSPS) is 18.1. The Labute approximate surface area is 153 Å². The second-order valence-electron chi connectivity index (χ2n) is 7.32. The monoisotopic (exact) mass is 352 g/mol. The van der Waals surface area contributed by atoms with Crippen LogP contribution in [0.1, 0.15) is 61.7 Å². The molecule has 1 saturated heterocycles. The van der Waals surface area contributed by atoms with Crippen molar-refractivity contribution in [1.29, 1.82) is 0 Å². The molecule has 6 heteroatoms. The van der Waals surface area contributed by atoms with Gasteiger partial charge in [0.05, 0.1) is 12.6 Å². The van der Waals surface area contributed by atoms with Gasteiger partial charge in [0.25, 0.3) is 0 Å². The largest absolute Gasteiger partial charge is 0.359 e. The van der Waals surface area contributed by atoms with E-state index in [9.17, 15) is 0 Å². The van der Waals surface area contributed by atoms with Crippen LogP contribution in [0.25, 0.3) is 11.3 Å².